The van der Waals surface area contributed by atoms with Crippen molar-refractivity contribution < 1.29 is 9.13 Å². The van der Waals surface area contributed by atoms with E-state index in [-0.39, 0.29) is 5.82 Å². The highest BCUT2D eigenvalue weighted by Crippen LogP contribution is 2.33. The van der Waals surface area contributed by atoms with Gasteiger partial charge >= 0.3 is 0 Å². The smallest absolute Gasteiger partial charge is 0.146 e. The van der Waals surface area contributed by atoms with E-state index < -0.39 is 0 Å². The molecule has 112 valence electrons. The summed E-state index contributed by atoms with van der Waals surface area (Å²) in [5.74, 6) is 0.530. The molecule has 21 heavy (non-hydrogen) atoms. The third kappa shape index (κ3) is 4.20. The first-order chi connectivity index (χ1) is 10.0. The lowest BCUT2D eigenvalue weighted by Gasteiger charge is -2.15. The molecule has 0 fully saturated rings. The molecule has 0 aromatic heterocycles. The molecular weight excluding hydrogens is 401 g/mol. The second-order valence-corrected chi connectivity index (χ2v) is 6.42. The summed E-state index contributed by atoms with van der Waals surface area (Å²) in [4.78, 5) is 0. The molecule has 2 aromatic rings. The number of halogens is 3. The van der Waals surface area contributed by atoms with Crippen molar-refractivity contribution in [1.82, 2.24) is 0 Å². The fraction of sp³-hybridized carbons (Fsp3) is 0.250. The van der Waals surface area contributed by atoms with Crippen LogP contribution in [0.25, 0.3) is 0 Å². The molecule has 0 bridgehead atoms. The van der Waals surface area contributed by atoms with E-state index >= 15 is 0 Å². The van der Waals surface area contributed by atoms with Gasteiger partial charge in [-0.15, -0.1) is 0 Å². The molecule has 0 aliphatic carbocycles. The lowest BCUT2D eigenvalue weighted by molar-refractivity contribution is 0.334. The topological polar surface area (TPSA) is 21.3 Å². The number of rotatable bonds is 5. The monoisotopic (exact) mass is 415 g/mol. The molecule has 0 amide bonds. The molecule has 0 spiro atoms. The van der Waals surface area contributed by atoms with Crippen LogP contribution < -0.4 is 10.1 Å². The molecule has 2 nitrogen and oxygen atoms in total. The Balaban J connectivity index is 2.22. The van der Waals surface area contributed by atoms with Crippen LogP contribution in [-0.4, -0.2) is 6.61 Å². The van der Waals surface area contributed by atoms with E-state index in [0.717, 1.165) is 25.8 Å². The molecule has 5 heteroatoms. The van der Waals surface area contributed by atoms with Gasteiger partial charge in [0.2, 0.25) is 0 Å². The summed E-state index contributed by atoms with van der Waals surface area (Å²) in [6.07, 6.45) is 0. The fourth-order valence-corrected chi connectivity index (χ4v) is 3.43. The Morgan fingerprint density at radius 2 is 1.95 bits per heavy atom. The van der Waals surface area contributed by atoms with E-state index in [1.165, 1.54) is 6.07 Å². The van der Waals surface area contributed by atoms with Crippen molar-refractivity contribution in [2.75, 3.05) is 11.9 Å². The first-order valence-electron chi connectivity index (χ1n) is 6.62. The van der Waals surface area contributed by atoms with Crippen molar-refractivity contribution in [2.45, 2.75) is 20.4 Å². The molecule has 0 saturated carbocycles. The van der Waals surface area contributed by atoms with Crippen LogP contribution >= 0.6 is 31.9 Å². The van der Waals surface area contributed by atoms with Crippen LogP contribution in [-0.2, 0) is 6.54 Å². The van der Waals surface area contributed by atoms with Gasteiger partial charge in [-0.2, -0.15) is 0 Å². The van der Waals surface area contributed by atoms with Crippen LogP contribution in [0, 0.1) is 12.7 Å². The maximum atomic E-state index is 13.8. The van der Waals surface area contributed by atoms with Gasteiger partial charge in [0, 0.05) is 16.6 Å². The van der Waals surface area contributed by atoms with Crippen LogP contribution in [0.4, 0.5) is 10.1 Å². The molecule has 0 heterocycles. The fourth-order valence-electron chi connectivity index (χ4n) is 2.00. The number of benzene rings is 2. The maximum Gasteiger partial charge on any atom is 0.146 e. The Morgan fingerprint density at radius 1 is 1.19 bits per heavy atom. The number of hydrogen-bond acceptors (Lipinski definition) is 2. The van der Waals surface area contributed by atoms with Gasteiger partial charge in [0.1, 0.15) is 11.6 Å². The number of ether oxygens (including phenoxy) is 1. The van der Waals surface area contributed by atoms with Gasteiger partial charge < -0.3 is 10.1 Å². The molecule has 1 N–H and O–H groups in total. The summed E-state index contributed by atoms with van der Waals surface area (Å²) >= 11 is 6.95. The Labute approximate surface area is 141 Å². The van der Waals surface area contributed by atoms with Gasteiger partial charge in [0.25, 0.3) is 0 Å². The zero-order chi connectivity index (χ0) is 15.4. The zero-order valence-electron chi connectivity index (χ0n) is 11.8. The Kier molecular flexibility index (Phi) is 5.65. The van der Waals surface area contributed by atoms with Crippen molar-refractivity contribution in [3.05, 3.63) is 56.2 Å². The Bertz CT molecular complexity index is 646. The van der Waals surface area contributed by atoms with Crippen molar-refractivity contribution in [3.8, 4) is 5.75 Å². The van der Waals surface area contributed by atoms with E-state index in [1.54, 1.807) is 6.07 Å². The molecule has 0 unspecified atom stereocenters. The highest BCUT2D eigenvalue weighted by atomic mass is 79.9. The van der Waals surface area contributed by atoms with Crippen molar-refractivity contribution in [3.63, 3.8) is 0 Å². The molecule has 2 aromatic carbocycles. The van der Waals surface area contributed by atoms with Crippen LogP contribution in [0.2, 0.25) is 0 Å². The minimum absolute atomic E-state index is 0.248. The Morgan fingerprint density at radius 3 is 2.62 bits per heavy atom. The largest absolute Gasteiger partial charge is 0.492 e. The van der Waals surface area contributed by atoms with E-state index in [1.807, 2.05) is 32.0 Å². The lowest BCUT2D eigenvalue weighted by atomic mass is 10.1. The predicted molar refractivity (Wildman–Crippen MR) is 91.5 cm³/mol. The van der Waals surface area contributed by atoms with Crippen molar-refractivity contribution >= 4 is 37.5 Å². The van der Waals surface area contributed by atoms with Gasteiger partial charge in [0.15, 0.2) is 0 Å². The van der Waals surface area contributed by atoms with Gasteiger partial charge in [-0.25, -0.2) is 4.39 Å². The van der Waals surface area contributed by atoms with Crippen LogP contribution in [0.15, 0.2) is 39.3 Å². The molecule has 0 radical (unpaired) electrons. The minimum atomic E-state index is -0.248. The first-order valence-corrected chi connectivity index (χ1v) is 8.20. The molecular formula is C16H16Br2FNO. The summed E-state index contributed by atoms with van der Waals surface area (Å²) in [5, 5.41) is 3.11. The standard InChI is InChI=1S/C16H16Br2FNO/c1-3-21-16-11(7-12(17)8-13(16)18)9-20-15-5-4-10(2)6-14(15)19/h4-8,20H,3,9H2,1-2H3. The molecule has 0 aliphatic rings. The number of aryl methyl sites for hydroxylation is 1. The van der Waals surface area contributed by atoms with E-state index in [4.69, 9.17) is 4.74 Å². The van der Waals surface area contributed by atoms with Crippen LogP contribution in [0.1, 0.15) is 18.1 Å². The summed E-state index contributed by atoms with van der Waals surface area (Å²) in [5.41, 5.74) is 2.34. The predicted octanol–water partition coefficient (Wildman–Crippen LogP) is 5.67. The van der Waals surface area contributed by atoms with Crippen molar-refractivity contribution in [1.29, 1.82) is 0 Å². The quantitative estimate of drug-likeness (QED) is 0.677. The van der Waals surface area contributed by atoms with Gasteiger partial charge in [-0.05, 0) is 59.6 Å². The third-order valence-corrected chi connectivity index (χ3v) is 4.01. The second-order valence-electron chi connectivity index (χ2n) is 4.65. The first kappa shape index (κ1) is 16.3. The highest BCUT2D eigenvalue weighted by molar-refractivity contribution is 9.11. The van der Waals surface area contributed by atoms with Gasteiger partial charge in [-0.3, -0.25) is 0 Å². The van der Waals surface area contributed by atoms with Crippen molar-refractivity contribution in [2.24, 2.45) is 0 Å². The highest BCUT2D eigenvalue weighted by Gasteiger charge is 2.11. The summed E-state index contributed by atoms with van der Waals surface area (Å²) in [7, 11) is 0. The third-order valence-electron chi connectivity index (χ3n) is 2.97. The second kappa shape index (κ2) is 7.27. The normalized spacial score (nSPS) is 10.5. The number of anilines is 1. The zero-order valence-corrected chi connectivity index (χ0v) is 15.0. The summed E-state index contributed by atoms with van der Waals surface area (Å²) < 4.78 is 21.3. The van der Waals surface area contributed by atoms with E-state index in [9.17, 15) is 4.39 Å². The Hall–Kier alpha value is -1.07. The molecule has 0 atom stereocenters. The SMILES string of the molecule is CCOc1c(Br)cc(Br)cc1CNc1ccc(C)cc1F. The molecule has 0 saturated heterocycles. The number of hydrogen-bond donors (Lipinski definition) is 1. The van der Waals surface area contributed by atoms with Crippen LogP contribution in [0.5, 0.6) is 5.75 Å². The van der Waals surface area contributed by atoms with Crippen LogP contribution in [0.3, 0.4) is 0 Å². The lowest BCUT2D eigenvalue weighted by Crippen LogP contribution is -2.05. The maximum absolute atomic E-state index is 13.8. The summed E-state index contributed by atoms with van der Waals surface area (Å²) in [6.45, 7) is 4.86. The van der Waals surface area contributed by atoms with Gasteiger partial charge in [-0.1, -0.05) is 22.0 Å². The van der Waals surface area contributed by atoms with E-state index in [0.29, 0.717) is 18.8 Å². The summed E-state index contributed by atoms with van der Waals surface area (Å²) in [6, 6.07) is 9.04. The molecule has 0 aliphatic heterocycles. The minimum Gasteiger partial charge on any atom is -0.492 e. The number of nitrogens with one attached hydrogen (secondary N) is 1. The van der Waals surface area contributed by atoms with E-state index in [2.05, 4.69) is 37.2 Å². The average molecular weight is 417 g/mol. The molecule has 2 rings (SSSR count). The average Bonchev–Trinajstić information content (AvgIpc) is 2.41. The van der Waals surface area contributed by atoms with Gasteiger partial charge in [0.05, 0.1) is 16.8 Å².